The molecule has 0 aliphatic carbocycles. The minimum absolute atomic E-state index is 0.0976. The Morgan fingerprint density at radius 3 is 2.52 bits per heavy atom. The van der Waals surface area contributed by atoms with Crippen molar-refractivity contribution in [3.05, 3.63) is 123 Å². The van der Waals surface area contributed by atoms with Crippen LogP contribution in [0.5, 0.6) is 17.2 Å². The van der Waals surface area contributed by atoms with Gasteiger partial charge in [0.2, 0.25) is 6.79 Å². The number of hydrazone groups is 1. The van der Waals surface area contributed by atoms with Gasteiger partial charge in [-0.25, -0.2) is 10.2 Å². The number of amides is 1. The normalized spacial score (nSPS) is 12.2. The molecule has 0 atom stereocenters. The average molecular weight is 711 g/mol. The zero-order chi connectivity index (χ0) is 30.2. The molecule has 10 heteroatoms. The first kappa shape index (κ1) is 27.9. The lowest BCUT2D eigenvalue weighted by Crippen LogP contribution is -2.19. The van der Waals surface area contributed by atoms with Crippen molar-refractivity contribution in [1.82, 2.24) is 10.4 Å². The molecule has 0 spiro atoms. The van der Waals surface area contributed by atoms with E-state index in [0.717, 1.165) is 32.8 Å². The Hall–Kier alpha value is -4.93. The van der Waals surface area contributed by atoms with Gasteiger partial charge in [0.25, 0.3) is 5.91 Å². The predicted octanol–water partition coefficient (Wildman–Crippen LogP) is 8.22. The minimum Gasteiger partial charge on any atom is -0.454 e. The third-order valence-electron chi connectivity index (χ3n) is 7.20. The van der Waals surface area contributed by atoms with Gasteiger partial charge in [-0.05, 0) is 57.2 Å². The fourth-order valence-corrected chi connectivity index (χ4v) is 6.53. The summed E-state index contributed by atoms with van der Waals surface area (Å²) in [4.78, 5) is 30.0. The number of hydrogen-bond acceptors (Lipinski definition) is 6. The van der Waals surface area contributed by atoms with Crippen molar-refractivity contribution in [1.29, 1.82) is 0 Å². The highest BCUT2D eigenvalue weighted by atomic mass is 79.9. The van der Waals surface area contributed by atoms with Crippen molar-refractivity contribution < 1.29 is 23.8 Å². The van der Waals surface area contributed by atoms with Gasteiger partial charge in [-0.1, -0.05) is 82.7 Å². The van der Waals surface area contributed by atoms with Gasteiger partial charge in [0.05, 0.1) is 21.8 Å². The van der Waals surface area contributed by atoms with E-state index in [1.807, 2.05) is 60.7 Å². The molecule has 8 nitrogen and oxygen atoms in total. The van der Waals surface area contributed by atoms with Crippen LogP contribution >= 0.6 is 31.9 Å². The predicted molar refractivity (Wildman–Crippen MR) is 176 cm³/mol. The van der Waals surface area contributed by atoms with Crippen LogP contribution in [-0.2, 0) is 0 Å². The highest BCUT2D eigenvalue weighted by Gasteiger charge is 2.22. The summed E-state index contributed by atoms with van der Waals surface area (Å²) in [7, 11) is 0. The molecule has 0 radical (unpaired) electrons. The molecule has 1 aliphatic heterocycles. The molecule has 7 rings (SSSR count). The largest absolute Gasteiger partial charge is 0.454 e. The number of benzene rings is 5. The third kappa shape index (κ3) is 5.23. The molecule has 0 fully saturated rings. The first-order chi connectivity index (χ1) is 21.5. The summed E-state index contributed by atoms with van der Waals surface area (Å²) in [6.07, 6.45) is 1.43. The van der Waals surface area contributed by atoms with Gasteiger partial charge in [0.15, 0.2) is 17.2 Å². The van der Waals surface area contributed by atoms with Crippen molar-refractivity contribution in [3.63, 3.8) is 0 Å². The molecule has 0 saturated carbocycles. The number of nitrogens with zero attached hydrogens (tertiary/aromatic N) is 1. The topological polar surface area (TPSA) is 102 Å². The molecular weight excluding hydrogens is 690 g/mol. The first-order valence-electron chi connectivity index (χ1n) is 13.5. The van der Waals surface area contributed by atoms with E-state index in [9.17, 15) is 9.59 Å². The van der Waals surface area contributed by atoms with E-state index in [-0.39, 0.29) is 12.5 Å². The summed E-state index contributed by atoms with van der Waals surface area (Å²) in [6.45, 7) is 0.0976. The molecule has 0 unspecified atom stereocenters. The van der Waals surface area contributed by atoms with Crippen molar-refractivity contribution in [2.45, 2.75) is 0 Å². The Bertz CT molecular complexity index is 2130. The lowest BCUT2D eigenvalue weighted by atomic mass is 9.99. The van der Waals surface area contributed by atoms with Gasteiger partial charge >= 0.3 is 5.97 Å². The second-order valence-electron chi connectivity index (χ2n) is 9.91. The maximum absolute atomic E-state index is 13.6. The van der Waals surface area contributed by atoms with E-state index in [2.05, 4.69) is 53.4 Å². The summed E-state index contributed by atoms with van der Waals surface area (Å²) in [6, 6.07) is 30.2. The van der Waals surface area contributed by atoms with Gasteiger partial charge in [-0.15, -0.1) is 0 Å². The second-order valence-corrected chi connectivity index (χ2v) is 11.7. The molecule has 1 amide bonds. The van der Waals surface area contributed by atoms with Crippen LogP contribution in [0.3, 0.4) is 0 Å². The number of nitrogens with one attached hydrogen (secondary N) is 2. The second kappa shape index (κ2) is 11.6. The van der Waals surface area contributed by atoms with E-state index >= 15 is 0 Å². The number of esters is 1. The molecule has 2 N–H and O–H groups in total. The lowest BCUT2D eigenvalue weighted by Gasteiger charge is -2.11. The van der Waals surface area contributed by atoms with Gasteiger partial charge in [0, 0.05) is 26.4 Å². The summed E-state index contributed by atoms with van der Waals surface area (Å²) < 4.78 is 17.7. The minimum atomic E-state index is -0.595. The summed E-state index contributed by atoms with van der Waals surface area (Å²) >= 11 is 6.94. The number of carbonyl (C=O) groups is 2. The van der Waals surface area contributed by atoms with Gasteiger partial charge < -0.3 is 19.2 Å². The Balaban J connectivity index is 1.20. The van der Waals surface area contributed by atoms with Crippen LogP contribution in [0.2, 0.25) is 0 Å². The Kier molecular flexibility index (Phi) is 7.37. The van der Waals surface area contributed by atoms with Gasteiger partial charge in [0.1, 0.15) is 5.69 Å². The maximum atomic E-state index is 13.6. The molecule has 2 heterocycles. The quantitative estimate of drug-likeness (QED) is 0.0785. The molecule has 6 aromatic rings. The number of aromatic nitrogens is 1. The van der Waals surface area contributed by atoms with Crippen LogP contribution in [0.4, 0.5) is 0 Å². The highest BCUT2D eigenvalue weighted by Crippen LogP contribution is 2.37. The molecule has 44 heavy (non-hydrogen) atoms. The van der Waals surface area contributed by atoms with Crippen molar-refractivity contribution >= 4 is 71.6 Å². The van der Waals surface area contributed by atoms with Crippen molar-refractivity contribution in [2.24, 2.45) is 5.10 Å². The van der Waals surface area contributed by atoms with Crippen LogP contribution in [0.15, 0.2) is 111 Å². The molecular formula is C34H21Br2N3O5. The highest BCUT2D eigenvalue weighted by molar-refractivity contribution is 9.11. The number of ether oxygens (including phenoxy) is 3. The van der Waals surface area contributed by atoms with Crippen LogP contribution in [0.1, 0.15) is 26.4 Å². The fraction of sp³-hybridized carbons (Fsp3) is 0.0294. The van der Waals surface area contributed by atoms with Gasteiger partial charge in [-0.3, -0.25) is 4.79 Å². The number of carbonyl (C=O) groups excluding carboxylic acids is 2. The van der Waals surface area contributed by atoms with Crippen molar-refractivity contribution in [2.75, 3.05) is 6.79 Å². The molecule has 0 saturated heterocycles. The van der Waals surface area contributed by atoms with Crippen LogP contribution in [0, 0.1) is 0 Å². The smallest absolute Gasteiger partial charge is 0.343 e. The van der Waals surface area contributed by atoms with E-state index in [0.29, 0.717) is 37.3 Å². The molecule has 1 aromatic heterocycles. The van der Waals surface area contributed by atoms with Crippen LogP contribution in [0.25, 0.3) is 32.8 Å². The molecule has 5 aromatic carbocycles. The number of aromatic amines is 1. The number of halogens is 2. The van der Waals surface area contributed by atoms with Crippen molar-refractivity contribution in [3.8, 4) is 28.4 Å². The first-order valence-corrected chi connectivity index (χ1v) is 15.1. The fourth-order valence-electron chi connectivity index (χ4n) is 5.19. The number of rotatable bonds is 6. The molecule has 1 aliphatic rings. The van der Waals surface area contributed by atoms with Crippen LogP contribution in [-0.4, -0.2) is 29.9 Å². The number of fused-ring (bicyclic) bond motifs is 4. The van der Waals surface area contributed by atoms with E-state index in [1.54, 1.807) is 30.3 Å². The zero-order valence-corrected chi connectivity index (χ0v) is 25.9. The molecule has 0 bridgehead atoms. The third-order valence-corrected chi connectivity index (χ3v) is 8.24. The Morgan fingerprint density at radius 2 is 1.66 bits per heavy atom. The average Bonchev–Trinajstić information content (AvgIpc) is 3.68. The summed E-state index contributed by atoms with van der Waals surface area (Å²) in [5, 5.41) is 7.25. The lowest BCUT2D eigenvalue weighted by molar-refractivity contribution is 0.0732. The molecule has 216 valence electrons. The summed E-state index contributed by atoms with van der Waals surface area (Å²) in [5.41, 5.74) is 6.31. The maximum Gasteiger partial charge on any atom is 0.343 e. The van der Waals surface area contributed by atoms with E-state index in [1.165, 1.54) is 6.21 Å². The monoisotopic (exact) mass is 709 g/mol. The standard InChI is InChI=1S/C34H21Br2N3O5/c35-23-14-22(32(26(36)16-23)44-34(41)21-11-13-27-28(15-21)43-18-42-27)17-37-39-33(40)31-29(20-7-2-1-3-8-20)25-12-10-19-6-4-5-9-24(19)30(25)38-31/h1-17,38H,18H2,(H,39,40). The van der Waals surface area contributed by atoms with Crippen LogP contribution < -0.4 is 19.6 Å². The van der Waals surface area contributed by atoms with E-state index in [4.69, 9.17) is 14.2 Å². The number of H-pyrrole nitrogens is 1. The number of hydrogen-bond donors (Lipinski definition) is 2. The summed E-state index contributed by atoms with van der Waals surface area (Å²) in [5.74, 6) is 0.249. The van der Waals surface area contributed by atoms with Gasteiger partial charge in [-0.2, -0.15) is 5.10 Å². The van der Waals surface area contributed by atoms with E-state index < -0.39 is 11.9 Å². The Morgan fingerprint density at radius 1 is 0.864 bits per heavy atom. The SMILES string of the molecule is O=C(Oc1c(Br)cc(Br)cc1C=NNC(=O)c1[nH]c2c(ccc3ccccc32)c1-c1ccccc1)c1ccc2c(c1)OCO2. The Labute approximate surface area is 267 Å². The zero-order valence-electron chi connectivity index (χ0n) is 22.8.